The van der Waals surface area contributed by atoms with E-state index in [4.69, 9.17) is 4.74 Å². The highest BCUT2D eigenvalue weighted by molar-refractivity contribution is 5.47. The molecule has 1 heterocycles. The van der Waals surface area contributed by atoms with Crippen molar-refractivity contribution in [1.29, 1.82) is 0 Å². The number of ether oxygens (including phenoxy) is 1. The second kappa shape index (κ2) is 6.06. The monoisotopic (exact) mass is 267 g/mol. The molecule has 1 aromatic heterocycles. The van der Waals surface area contributed by atoms with Crippen LogP contribution in [0.2, 0.25) is 0 Å². The molecule has 2 rings (SSSR count). The number of hydrogen-bond acceptors (Lipinski definition) is 5. The second-order valence-electron chi connectivity index (χ2n) is 5.19. The molecule has 1 aliphatic rings. The summed E-state index contributed by atoms with van der Waals surface area (Å²) in [6, 6.07) is 0. The third-order valence-electron chi connectivity index (χ3n) is 3.90. The van der Waals surface area contributed by atoms with E-state index < -0.39 is 0 Å². The maximum atomic E-state index is 11.6. The molecule has 1 aromatic rings. The number of nitrogens with one attached hydrogen (secondary N) is 2. The van der Waals surface area contributed by atoms with Gasteiger partial charge in [0.1, 0.15) is 0 Å². The number of methoxy groups -OCH3 is 1. The van der Waals surface area contributed by atoms with Gasteiger partial charge in [0, 0.05) is 12.0 Å². The van der Waals surface area contributed by atoms with E-state index in [0.717, 1.165) is 25.7 Å². The summed E-state index contributed by atoms with van der Waals surface area (Å²) < 4.78 is 5.05. The van der Waals surface area contributed by atoms with E-state index in [1.54, 1.807) is 0 Å². The summed E-state index contributed by atoms with van der Waals surface area (Å²) in [6.07, 6.45) is 6.86. The molecule has 19 heavy (non-hydrogen) atoms. The van der Waals surface area contributed by atoms with Crippen LogP contribution in [0.1, 0.15) is 32.1 Å². The number of nitrogens with zero attached hydrogens (tertiary/aromatic N) is 1. The molecule has 0 amide bonds. The SMILES string of the molecule is COc1c(NCC2(CO)CCCCC2)nc[nH]c1=O. The Morgan fingerprint density at radius 2 is 2.21 bits per heavy atom. The van der Waals surface area contributed by atoms with Crippen molar-refractivity contribution in [3.05, 3.63) is 16.7 Å². The summed E-state index contributed by atoms with van der Waals surface area (Å²) in [7, 11) is 1.44. The summed E-state index contributed by atoms with van der Waals surface area (Å²) >= 11 is 0. The maximum absolute atomic E-state index is 11.6. The second-order valence-corrected chi connectivity index (χ2v) is 5.19. The smallest absolute Gasteiger partial charge is 0.295 e. The predicted octanol–water partition coefficient (Wildman–Crippen LogP) is 1.13. The molecular weight excluding hydrogens is 246 g/mol. The van der Waals surface area contributed by atoms with Crippen LogP contribution in [-0.2, 0) is 0 Å². The molecule has 0 spiro atoms. The Balaban J connectivity index is 2.09. The van der Waals surface area contributed by atoms with Crippen molar-refractivity contribution in [2.45, 2.75) is 32.1 Å². The van der Waals surface area contributed by atoms with Gasteiger partial charge in [0.15, 0.2) is 5.82 Å². The van der Waals surface area contributed by atoms with Crippen molar-refractivity contribution in [2.24, 2.45) is 5.41 Å². The third-order valence-corrected chi connectivity index (χ3v) is 3.90. The average Bonchev–Trinajstić information content (AvgIpc) is 2.46. The normalized spacial score (nSPS) is 18.0. The highest BCUT2D eigenvalue weighted by atomic mass is 16.5. The van der Waals surface area contributed by atoms with Crippen molar-refractivity contribution in [2.75, 3.05) is 25.6 Å². The summed E-state index contributed by atoms with van der Waals surface area (Å²) in [5, 5.41) is 12.8. The van der Waals surface area contributed by atoms with Crippen LogP contribution in [0.3, 0.4) is 0 Å². The molecule has 0 aromatic carbocycles. The highest BCUT2D eigenvalue weighted by Gasteiger charge is 2.31. The van der Waals surface area contributed by atoms with E-state index in [2.05, 4.69) is 15.3 Å². The molecule has 6 heteroatoms. The van der Waals surface area contributed by atoms with Gasteiger partial charge in [0.05, 0.1) is 20.0 Å². The molecule has 6 nitrogen and oxygen atoms in total. The third kappa shape index (κ3) is 3.07. The van der Waals surface area contributed by atoms with Crippen LogP contribution in [0.25, 0.3) is 0 Å². The lowest BCUT2D eigenvalue weighted by atomic mass is 9.74. The number of aliphatic hydroxyl groups is 1. The van der Waals surface area contributed by atoms with Crippen LogP contribution < -0.4 is 15.6 Å². The van der Waals surface area contributed by atoms with Crippen LogP contribution >= 0.6 is 0 Å². The Kier molecular flexibility index (Phi) is 4.42. The van der Waals surface area contributed by atoms with E-state index in [0.29, 0.717) is 12.4 Å². The number of aromatic nitrogens is 2. The van der Waals surface area contributed by atoms with E-state index in [1.807, 2.05) is 0 Å². The molecular formula is C13H21N3O3. The maximum Gasteiger partial charge on any atom is 0.295 e. The average molecular weight is 267 g/mol. The minimum absolute atomic E-state index is 0.104. The van der Waals surface area contributed by atoms with Crippen LogP contribution in [0.15, 0.2) is 11.1 Å². The zero-order chi connectivity index (χ0) is 13.7. The lowest BCUT2D eigenvalue weighted by Gasteiger charge is -2.35. The lowest BCUT2D eigenvalue weighted by molar-refractivity contribution is 0.0942. The first-order chi connectivity index (χ1) is 9.21. The van der Waals surface area contributed by atoms with E-state index in [1.165, 1.54) is 19.9 Å². The topological polar surface area (TPSA) is 87.2 Å². The largest absolute Gasteiger partial charge is 0.489 e. The minimum atomic E-state index is -0.304. The predicted molar refractivity (Wildman–Crippen MR) is 72.5 cm³/mol. The molecule has 3 N–H and O–H groups in total. The molecule has 0 saturated heterocycles. The van der Waals surface area contributed by atoms with Gasteiger partial charge >= 0.3 is 0 Å². The van der Waals surface area contributed by atoms with Crippen molar-refractivity contribution in [3.8, 4) is 5.75 Å². The van der Waals surface area contributed by atoms with Gasteiger partial charge in [-0.1, -0.05) is 19.3 Å². The van der Waals surface area contributed by atoms with Gasteiger partial charge < -0.3 is 20.1 Å². The van der Waals surface area contributed by atoms with Crippen LogP contribution in [0.4, 0.5) is 5.82 Å². The van der Waals surface area contributed by atoms with Gasteiger partial charge in [-0.2, -0.15) is 0 Å². The molecule has 0 radical (unpaired) electrons. The summed E-state index contributed by atoms with van der Waals surface area (Å²) in [5.74, 6) is 0.621. The Morgan fingerprint density at radius 3 is 2.84 bits per heavy atom. The van der Waals surface area contributed by atoms with Gasteiger partial charge in [-0.25, -0.2) is 4.98 Å². The molecule has 0 atom stereocenters. The van der Waals surface area contributed by atoms with E-state index in [9.17, 15) is 9.90 Å². The van der Waals surface area contributed by atoms with Gasteiger partial charge in [0.2, 0.25) is 5.75 Å². The zero-order valence-corrected chi connectivity index (χ0v) is 11.2. The molecule has 1 aliphatic carbocycles. The van der Waals surface area contributed by atoms with Crippen LogP contribution in [-0.4, -0.2) is 35.3 Å². The van der Waals surface area contributed by atoms with Gasteiger partial charge in [0.25, 0.3) is 5.56 Å². The molecule has 1 fully saturated rings. The number of anilines is 1. The molecule has 0 aliphatic heterocycles. The number of aliphatic hydroxyl groups excluding tert-OH is 1. The lowest BCUT2D eigenvalue weighted by Crippen LogP contribution is -2.36. The highest BCUT2D eigenvalue weighted by Crippen LogP contribution is 2.36. The van der Waals surface area contributed by atoms with Crippen molar-refractivity contribution in [1.82, 2.24) is 9.97 Å². The Bertz CT molecular complexity index is 466. The Morgan fingerprint density at radius 1 is 1.47 bits per heavy atom. The van der Waals surface area contributed by atoms with Crippen molar-refractivity contribution in [3.63, 3.8) is 0 Å². The van der Waals surface area contributed by atoms with Crippen LogP contribution in [0, 0.1) is 5.41 Å². The first-order valence-electron chi connectivity index (χ1n) is 6.67. The summed E-state index contributed by atoms with van der Waals surface area (Å²) in [5.41, 5.74) is -0.408. The zero-order valence-electron chi connectivity index (χ0n) is 11.2. The van der Waals surface area contributed by atoms with Crippen LogP contribution in [0.5, 0.6) is 5.75 Å². The first-order valence-corrected chi connectivity index (χ1v) is 6.67. The number of hydrogen-bond donors (Lipinski definition) is 3. The van der Waals surface area contributed by atoms with E-state index in [-0.39, 0.29) is 23.3 Å². The summed E-state index contributed by atoms with van der Waals surface area (Å²) in [4.78, 5) is 18.1. The Hall–Kier alpha value is -1.56. The van der Waals surface area contributed by atoms with Gasteiger partial charge in [-0.3, -0.25) is 4.79 Å². The van der Waals surface area contributed by atoms with Gasteiger partial charge in [-0.05, 0) is 12.8 Å². The quantitative estimate of drug-likeness (QED) is 0.744. The summed E-state index contributed by atoms with van der Waals surface area (Å²) in [6.45, 7) is 0.766. The van der Waals surface area contributed by atoms with Crippen molar-refractivity contribution >= 4 is 5.82 Å². The minimum Gasteiger partial charge on any atom is -0.489 e. The molecule has 0 bridgehead atoms. The first kappa shape index (κ1) is 13.9. The molecule has 106 valence electrons. The molecule has 0 unspecified atom stereocenters. The van der Waals surface area contributed by atoms with Crippen molar-refractivity contribution < 1.29 is 9.84 Å². The van der Waals surface area contributed by atoms with E-state index >= 15 is 0 Å². The van der Waals surface area contributed by atoms with Gasteiger partial charge in [-0.15, -0.1) is 0 Å². The fraction of sp³-hybridized carbons (Fsp3) is 0.692. The fourth-order valence-electron chi connectivity index (χ4n) is 2.67. The number of rotatable bonds is 5. The fourth-order valence-corrected chi connectivity index (χ4v) is 2.67. The standard InChI is InChI=1S/C13H21N3O3/c1-19-10-11(15-9-16-12(10)18)14-7-13(8-17)5-3-2-4-6-13/h9,17H,2-8H2,1H3,(H2,14,15,16,18). The molecule has 1 saturated carbocycles. The Labute approximate surface area is 112 Å². The number of H-pyrrole nitrogens is 1. The number of aromatic amines is 1.